The number of rotatable bonds is 6. The summed E-state index contributed by atoms with van der Waals surface area (Å²) in [6, 6.07) is 14.6. The Hall–Kier alpha value is -3.40. The Balaban J connectivity index is 1.20. The summed E-state index contributed by atoms with van der Waals surface area (Å²) in [5.41, 5.74) is 7.70. The van der Waals surface area contributed by atoms with E-state index in [1.165, 1.54) is 11.6 Å². The summed E-state index contributed by atoms with van der Waals surface area (Å²) in [5.74, 6) is -0.326. The molecule has 2 aromatic carbocycles. The van der Waals surface area contributed by atoms with Gasteiger partial charge < -0.3 is 4.90 Å². The van der Waals surface area contributed by atoms with Crippen LogP contribution in [0.25, 0.3) is 0 Å². The third kappa shape index (κ3) is 4.91. The molecule has 3 N–H and O–H groups in total. The number of hydrogen-bond donors (Lipinski definition) is 3. The number of aryl methyl sites for hydroxylation is 1. The normalized spacial score (nSPS) is 17.2. The monoisotopic (exact) mass is 455 g/mol. The van der Waals surface area contributed by atoms with Crippen LogP contribution in [0.15, 0.2) is 58.4 Å². The van der Waals surface area contributed by atoms with Crippen molar-refractivity contribution in [2.24, 2.45) is 4.99 Å². The molecule has 10 heteroatoms. The average molecular weight is 456 g/mol. The molecule has 0 fully saturated rings. The summed E-state index contributed by atoms with van der Waals surface area (Å²) in [4.78, 5) is 30.8. The van der Waals surface area contributed by atoms with Crippen molar-refractivity contribution in [1.82, 2.24) is 15.6 Å². The van der Waals surface area contributed by atoms with Gasteiger partial charge in [0, 0.05) is 30.8 Å². The molecule has 2 aliphatic heterocycles. The molecule has 2 aliphatic rings. The molecule has 0 bridgehead atoms. The van der Waals surface area contributed by atoms with E-state index in [2.05, 4.69) is 26.6 Å². The predicted octanol–water partition coefficient (Wildman–Crippen LogP) is 1.11. The predicted molar refractivity (Wildman–Crippen MR) is 121 cm³/mol. The third-order valence-corrected chi connectivity index (χ3v) is 6.77. The van der Waals surface area contributed by atoms with E-state index in [4.69, 9.17) is 0 Å². The maximum absolute atomic E-state index is 12.3. The van der Waals surface area contributed by atoms with Crippen molar-refractivity contribution in [3.05, 3.63) is 59.7 Å². The minimum Gasteiger partial charge on any atom is -0.362 e. The maximum Gasteiger partial charge on any atom is 0.263 e. The van der Waals surface area contributed by atoms with Gasteiger partial charge in [-0.1, -0.05) is 30.3 Å². The zero-order valence-corrected chi connectivity index (χ0v) is 18.3. The van der Waals surface area contributed by atoms with E-state index in [0.29, 0.717) is 12.0 Å². The smallest absolute Gasteiger partial charge is 0.263 e. The molecular formula is C22H25N5O4S. The van der Waals surface area contributed by atoms with E-state index in [9.17, 15) is 18.0 Å². The number of nitrogens with zero attached hydrogens (tertiary/aromatic N) is 2. The highest BCUT2D eigenvalue weighted by atomic mass is 32.2. The quantitative estimate of drug-likeness (QED) is 0.445. The van der Waals surface area contributed by atoms with Crippen molar-refractivity contribution in [3.8, 4) is 0 Å². The largest absolute Gasteiger partial charge is 0.362 e. The lowest BCUT2D eigenvalue weighted by atomic mass is 10.0. The fraction of sp³-hybridized carbons (Fsp3) is 0.318. The lowest BCUT2D eigenvalue weighted by Crippen LogP contribution is -2.47. The van der Waals surface area contributed by atoms with Gasteiger partial charge in [-0.2, -0.15) is 0 Å². The number of amidine groups is 1. The van der Waals surface area contributed by atoms with Crippen LogP contribution in [0, 0.1) is 0 Å². The first-order chi connectivity index (χ1) is 15.4. The molecule has 2 aromatic rings. The SMILES string of the molecule is O=C(CCCN=C1NS(=O)(=O)c2ccccc21)NNC(=O)CN1CCCc2ccccc21. The van der Waals surface area contributed by atoms with E-state index >= 15 is 0 Å². The molecule has 0 spiro atoms. The van der Waals surface area contributed by atoms with Crippen LogP contribution in [-0.4, -0.2) is 45.7 Å². The molecule has 9 nitrogen and oxygen atoms in total. The number of amides is 2. The maximum atomic E-state index is 12.3. The van der Waals surface area contributed by atoms with Crippen LogP contribution in [0.4, 0.5) is 5.69 Å². The molecule has 4 rings (SSSR count). The molecule has 32 heavy (non-hydrogen) atoms. The van der Waals surface area contributed by atoms with Gasteiger partial charge in [-0.3, -0.25) is 30.2 Å². The lowest BCUT2D eigenvalue weighted by Gasteiger charge is -2.30. The van der Waals surface area contributed by atoms with Crippen LogP contribution in [0.5, 0.6) is 0 Å². The topological polar surface area (TPSA) is 120 Å². The highest BCUT2D eigenvalue weighted by Gasteiger charge is 2.29. The molecule has 0 atom stereocenters. The van der Waals surface area contributed by atoms with Gasteiger partial charge in [-0.25, -0.2) is 8.42 Å². The van der Waals surface area contributed by atoms with E-state index in [1.807, 2.05) is 23.1 Å². The van der Waals surface area contributed by atoms with E-state index in [0.717, 1.165) is 25.1 Å². The van der Waals surface area contributed by atoms with Crippen LogP contribution in [0.3, 0.4) is 0 Å². The number of fused-ring (bicyclic) bond motifs is 2. The van der Waals surface area contributed by atoms with Crippen molar-refractivity contribution in [2.45, 2.75) is 30.6 Å². The number of hydrazine groups is 1. The molecule has 0 saturated heterocycles. The molecule has 2 amide bonds. The Kier molecular flexibility index (Phi) is 6.40. The molecule has 0 aromatic heterocycles. The number of sulfonamides is 1. The minimum atomic E-state index is -3.57. The summed E-state index contributed by atoms with van der Waals surface area (Å²) in [7, 11) is -3.57. The van der Waals surface area contributed by atoms with Crippen LogP contribution in [0.1, 0.15) is 30.4 Å². The van der Waals surface area contributed by atoms with E-state index < -0.39 is 10.0 Å². The summed E-state index contributed by atoms with van der Waals surface area (Å²) in [6.07, 6.45) is 2.55. The fourth-order valence-corrected chi connectivity index (χ4v) is 5.12. The number of aliphatic imine (C=N–C) groups is 1. The first-order valence-corrected chi connectivity index (χ1v) is 12.0. The average Bonchev–Trinajstić information content (AvgIpc) is 3.06. The lowest BCUT2D eigenvalue weighted by molar-refractivity contribution is -0.128. The number of nitrogens with one attached hydrogen (secondary N) is 3. The number of carbonyl (C=O) groups excluding carboxylic acids is 2. The number of carbonyl (C=O) groups is 2. The second-order valence-corrected chi connectivity index (χ2v) is 9.34. The molecule has 2 heterocycles. The highest BCUT2D eigenvalue weighted by molar-refractivity contribution is 7.90. The Morgan fingerprint density at radius 2 is 1.78 bits per heavy atom. The van der Waals surface area contributed by atoms with Gasteiger partial charge in [-0.05, 0) is 43.0 Å². The zero-order valence-electron chi connectivity index (χ0n) is 17.5. The van der Waals surface area contributed by atoms with Crippen molar-refractivity contribution in [2.75, 3.05) is 24.5 Å². The van der Waals surface area contributed by atoms with Crippen LogP contribution in [0.2, 0.25) is 0 Å². The van der Waals surface area contributed by atoms with Gasteiger partial charge in [0.05, 0.1) is 11.4 Å². The summed E-state index contributed by atoms with van der Waals surface area (Å²) >= 11 is 0. The standard InChI is InChI=1S/C22H25N5O4S/c28-20(12-5-13-23-22-17-9-2-4-11-19(17)32(30,31)26-22)24-25-21(29)15-27-14-6-8-16-7-1-3-10-18(16)27/h1-4,7,9-11H,5-6,8,12-15H2,(H,23,26)(H,24,28)(H,25,29). The third-order valence-electron chi connectivity index (χ3n) is 5.38. The summed E-state index contributed by atoms with van der Waals surface area (Å²) in [5, 5.41) is 0. The highest BCUT2D eigenvalue weighted by Crippen LogP contribution is 2.26. The second-order valence-electron chi connectivity index (χ2n) is 7.69. The van der Waals surface area contributed by atoms with Crippen molar-refractivity contribution >= 4 is 33.4 Å². The Bertz CT molecular complexity index is 1160. The molecule has 0 unspecified atom stereocenters. The molecule has 0 saturated carbocycles. The number of para-hydroxylation sites is 1. The van der Waals surface area contributed by atoms with Gasteiger partial charge in [0.2, 0.25) is 5.91 Å². The first kappa shape index (κ1) is 21.8. The summed E-state index contributed by atoms with van der Waals surface area (Å²) in [6.45, 7) is 1.24. The zero-order chi connectivity index (χ0) is 22.6. The second kappa shape index (κ2) is 9.39. The van der Waals surface area contributed by atoms with Crippen LogP contribution in [-0.2, 0) is 26.0 Å². The van der Waals surface area contributed by atoms with Crippen molar-refractivity contribution in [3.63, 3.8) is 0 Å². The van der Waals surface area contributed by atoms with Gasteiger partial charge in [-0.15, -0.1) is 0 Å². The molecule has 168 valence electrons. The van der Waals surface area contributed by atoms with E-state index in [-0.39, 0.29) is 42.1 Å². The van der Waals surface area contributed by atoms with Gasteiger partial charge in [0.1, 0.15) is 5.84 Å². The van der Waals surface area contributed by atoms with Crippen LogP contribution < -0.4 is 20.5 Å². The van der Waals surface area contributed by atoms with Crippen molar-refractivity contribution < 1.29 is 18.0 Å². The minimum absolute atomic E-state index is 0.151. The number of benzene rings is 2. The molecular weight excluding hydrogens is 430 g/mol. The number of hydrogen-bond acceptors (Lipinski definition) is 6. The Morgan fingerprint density at radius 3 is 2.66 bits per heavy atom. The number of anilines is 1. The van der Waals surface area contributed by atoms with Gasteiger partial charge >= 0.3 is 0 Å². The molecule has 0 aliphatic carbocycles. The summed E-state index contributed by atoms with van der Waals surface area (Å²) < 4.78 is 26.6. The first-order valence-electron chi connectivity index (χ1n) is 10.5. The van der Waals surface area contributed by atoms with Crippen molar-refractivity contribution in [1.29, 1.82) is 0 Å². The van der Waals surface area contributed by atoms with Gasteiger partial charge in [0.25, 0.3) is 15.9 Å². The van der Waals surface area contributed by atoms with Crippen LogP contribution >= 0.6 is 0 Å². The van der Waals surface area contributed by atoms with Gasteiger partial charge in [0.15, 0.2) is 0 Å². The molecule has 0 radical (unpaired) electrons. The Morgan fingerprint density at radius 1 is 1.03 bits per heavy atom. The van der Waals surface area contributed by atoms with E-state index in [1.54, 1.807) is 18.2 Å². The fourth-order valence-electron chi connectivity index (χ4n) is 3.87. The Labute approximate surface area is 186 Å².